The Labute approximate surface area is 133 Å². The molecule has 2 heteroatoms. The number of hydrogen-bond acceptors (Lipinski definition) is 1. The van der Waals surface area contributed by atoms with E-state index in [-0.39, 0.29) is 0 Å². The first-order chi connectivity index (χ1) is 9.62. The van der Waals surface area contributed by atoms with E-state index in [2.05, 4.69) is 13.8 Å². The van der Waals surface area contributed by atoms with Gasteiger partial charge in [-0.2, -0.15) is 0 Å². The Kier molecular flexibility index (Phi) is 14.4. The van der Waals surface area contributed by atoms with Crippen molar-refractivity contribution in [3.63, 3.8) is 0 Å². The third-order valence-corrected chi connectivity index (χ3v) is 4.74. The molecule has 0 aliphatic carbocycles. The first-order valence-electron chi connectivity index (χ1n) is 9.10. The number of alkyl halides is 1. The lowest BCUT2D eigenvalue weighted by Gasteiger charge is -2.19. The Balaban J connectivity index is 3.06. The first kappa shape index (κ1) is 20.2. The largest absolute Gasteiger partial charge is 0.313 e. The summed E-state index contributed by atoms with van der Waals surface area (Å²) in [5.41, 5.74) is 5.92. The van der Waals surface area contributed by atoms with Crippen LogP contribution < -0.4 is 5.73 Å². The highest BCUT2D eigenvalue weighted by Crippen LogP contribution is 2.21. The van der Waals surface area contributed by atoms with E-state index in [9.17, 15) is 0 Å². The van der Waals surface area contributed by atoms with Crippen molar-refractivity contribution in [1.82, 2.24) is 0 Å². The lowest BCUT2D eigenvalue weighted by Crippen LogP contribution is -2.31. The number of nitrogens with two attached hydrogens (primary N) is 1. The molecule has 122 valence electrons. The molecular weight excluding hydrogens is 266 g/mol. The maximum Gasteiger partial charge on any atom is 0.0908 e. The van der Waals surface area contributed by atoms with Crippen LogP contribution >= 0.6 is 11.6 Å². The molecule has 0 aromatic heterocycles. The van der Waals surface area contributed by atoms with Crippen LogP contribution in [-0.4, -0.2) is 5.00 Å². The summed E-state index contributed by atoms with van der Waals surface area (Å²) >= 11 is 6.14. The number of hydrogen-bond donors (Lipinski definition) is 1. The van der Waals surface area contributed by atoms with Crippen molar-refractivity contribution < 1.29 is 0 Å². The summed E-state index contributed by atoms with van der Waals surface area (Å²) in [5, 5.41) is 0. The van der Waals surface area contributed by atoms with Gasteiger partial charge in [-0.3, -0.25) is 0 Å². The van der Waals surface area contributed by atoms with E-state index in [0.29, 0.717) is 0 Å². The Morgan fingerprint density at radius 2 is 1.00 bits per heavy atom. The van der Waals surface area contributed by atoms with Crippen molar-refractivity contribution in [2.24, 2.45) is 5.73 Å². The molecule has 0 spiro atoms. The topological polar surface area (TPSA) is 26.0 Å². The van der Waals surface area contributed by atoms with Crippen LogP contribution in [0.3, 0.4) is 0 Å². The SMILES string of the molecule is CCCCCCCCCCCCCCCC(N)(Cl)CC. The molecule has 0 radical (unpaired) electrons. The van der Waals surface area contributed by atoms with Crippen LogP contribution in [0.5, 0.6) is 0 Å². The Morgan fingerprint density at radius 3 is 1.35 bits per heavy atom. The van der Waals surface area contributed by atoms with E-state index in [1.807, 2.05) is 0 Å². The molecule has 1 atom stereocenters. The molecule has 0 amide bonds. The summed E-state index contributed by atoms with van der Waals surface area (Å²) in [7, 11) is 0. The van der Waals surface area contributed by atoms with Crippen molar-refractivity contribution in [1.29, 1.82) is 0 Å². The van der Waals surface area contributed by atoms with Gasteiger partial charge in [0.2, 0.25) is 0 Å². The lowest BCUT2D eigenvalue weighted by molar-refractivity contribution is 0.479. The fraction of sp³-hybridized carbons (Fsp3) is 1.00. The predicted octanol–water partition coefficient (Wildman–Crippen LogP) is 6.77. The molecular formula is C18H38ClN. The van der Waals surface area contributed by atoms with Gasteiger partial charge in [-0.15, -0.1) is 11.6 Å². The van der Waals surface area contributed by atoms with Crippen LogP contribution in [-0.2, 0) is 0 Å². The molecule has 1 nitrogen and oxygen atoms in total. The van der Waals surface area contributed by atoms with Crippen LogP contribution in [0.25, 0.3) is 0 Å². The standard InChI is InChI=1S/C18H38ClN/c1-3-5-6-7-8-9-10-11-12-13-14-15-16-17-18(19,20)4-2/h3-17,20H2,1-2H3. The van der Waals surface area contributed by atoms with Crippen LogP contribution in [0.4, 0.5) is 0 Å². The van der Waals surface area contributed by atoms with Crippen molar-refractivity contribution in [3.05, 3.63) is 0 Å². The highest BCUT2D eigenvalue weighted by Gasteiger charge is 2.17. The number of unbranched alkanes of at least 4 members (excludes halogenated alkanes) is 12. The summed E-state index contributed by atoms with van der Waals surface area (Å²) < 4.78 is 0. The predicted molar refractivity (Wildman–Crippen MR) is 93.4 cm³/mol. The minimum absolute atomic E-state index is 0.447. The van der Waals surface area contributed by atoms with Gasteiger partial charge in [-0.05, 0) is 12.8 Å². The summed E-state index contributed by atoms with van der Waals surface area (Å²) in [5.74, 6) is 0. The molecule has 0 saturated carbocycles. The Morgan fingerprint density at radius 1 is 0.650 bits per heavy atom. The zero-order valence-corrected chi connectivity index (χ0v) is 14.8. The van der Waals surface area contributed by atoms with E-state index in [4.69, 9.17) is 17.3 Å². The van der Waals surface area contributed by atoms with E-state index in [1.54, 1.807) is 0 Å². The molecule has 20 heavy (non-hydrogen) atoms. The molecule has 1 unspecified atom stereocenters. The molecule has 0 heterocycles. The molecule has 0 bridgehead atoms. The van der Waals surface area contributed by atoms with Crippen LogP contribution in [0.2, 0.25) is 0 Å². The first-order valence-corrected chi connectivity index (χ1v) is 9.48. The van der Waals surface area contributed by atoms with E-state index >= 15 is 0 Å². The maximum absolute atomic E-state index is 6.14. The monoisotopic (exact) mass is 303 g/mol. The second kappa shape index (κ2) is 14.2. The van der Waals surface area contributed by atoms with E-state index in [1.165, 1.54) is 83.5 Å². The number of rotatable bonds is 15. The lowest BCUT2D eigenvalue weighted by atomic mass is 10.0. The highest BCUT2D eigenvalue weighted by molar-refractivity contribution is 6.23. The van der Waals surface area contributed by atoms with Gasteiger partial charge in [0.15, 0.2) is 0 Å². The van der Waals surface area contributed by atoms with E-state index in [0.717, 1.165) is 12.8 Å². The van der Waals surface area contributed by atoms with Crippen LogP contribution in [0, 0.1) is 0 Å². The summed E-state index contributed by atoms with van der Waals surface area (Å²) in [6.45, 7) is 4.35. The minimum atomic E-state index is -0.447. The fourth-order valence-electron chi connectivity index (χ4n) is 2.61. The van der Waals surface area contributed by atoms with Gasteiger partial charge in [0, 0.05) is 0 Å². The molecule has 0 saturated heterocycles. The van der Waals surface area contributed by atoms with Gasteiger partial charge in [-0.25, -0.2) is 0 Å². The molecule has 0 aliphatic rings. The third-order valence-electron chi connectivity index (χ3n) is 4.28. The Bertz CT molecular complexity index is 192. The highest BCUT2D eigenvalue weighted by atomic mass is 35.5. The van der Waals surface area contributed by atoms with Crippen LogP contribution in [0.1, 0.15) is 110 Å². The second-order valence-corrected chi connectivity index (χ2v) is 7.13. The summed E-state index contributed by atoms with van der Waals surface area (Å²) in [4.78, 5) is -0.447. The Hall–Kier alpha value is 0.250. The van der Waals surface area contributed by atoms with Crippen molar-refractivity contribution >= 4 is 11.6 Å². The van der Waals surface area contributed by atoms with Gasteiger partial charge in [-0.1, -0.05) is 97.3 Å². The smallest absolute Gasteiger partial charge is 0.0908 e. The van der Waals surface area contributed by atoms with Crippen molar-refractivity contribution in [2.75, 3.05) is 0 Å². The molecule has 2 N–H and O–H groups in total. The maximum atomic E-state index is 6.14. The van der Waals surface area contributed by atoms with Crippen molar-refractivity contribution in [3.8, 4) is 0 Å². The molecule has 0 aromatic rings. The van der Waals surface area contributed by atoms with Gasteiger partial charge in [0.05, 0.1) is 5.00 Å². The minimum Gasteiger partial charge on any atom is -0.313 e. The van der Waals surface area contributed by atoms with Crippen LogP contribution in [0.15, 0.2) is 0 Å². The molecule has 0 aliphatic heterocycles. The second-order valence-electron chi connectivity index (χ2n) is 6.38. The van der Waals surface area contributed by atoms with Gasteiger partial charge < -0.3 is 5.73 Å². The third kappa shape index (κ3) is 14.7. The molecule has 0 rings (SSSR count). The zero-order valence-electron chi connectivity index (χ0n) is 14.1. The summed E-state index contributed by atoms with van der Waals surface area (Å²) in [6, 6.07) is 0. The van der Waals surface area contributed by atoms with Gasteiger partial charge in [0.25, 0.3) is 0 Å². The average Bonchev–Trinajstić information content (AvgIpc) is 2.44. The quantitative estimate of drug-likeness (QED) is 0.201. The molecule has 0 aromatic carbocycles. The summed E-state index contributed by atoms with van der Waals surface area (Å²) in [6.07, 6.45) is 19.9. The fourth-order valence-corrected chi connectivity index (χ4v) is 2.75. The van der Waals surface area contributed by atoms with Gasteiger partial charge >= 0.3 is 0 Å². The normalized spacial score (nSPS) is 14.4. The average molecular weight is 304 g/mol. The van der Waals surface area contributed by atoms with Gasteiger partial charge in [0.1, 0.15) is 0 Å². The van der Waals surface area contributed by atoms with Crippen molar-refractivity contribution in [2.45, 2.75) is 115 Å². The zero-order chi connectivity index (χ0) is 15.1. The molecule has 0 fully saturated rings. The van der Waals surface area contributed by atoms with E-state index < -0.39 is 5.00 Å². The number of halogens is 1.